The van der Waals surface area contributed by atoms with Crippen LogP contribution in [-0.2, 0) is 0 Å². The molecule has 2 aromatic heterocycles. The monoisotopic (exact) mass is 243 g/mol. The lowest BCUT2D eigenvalue weighted by atomic mass is 10.1. The first kappa shape index (κ1) is 10.7. The van der Waals surface area contributed by atoms with Crippen molar-refractivity contribution < 1.29 is 4.39 Å². The summed E-state index contributed by atoms with van der Waals surface area (Å²) in [4.78, 5) is 16.1. The van der Waals surface area contributed by atoms with E-state index in [1.807, 2.05) is 0 Å². The summed E-state index contributed by atoms with van der Waals surface area (Å²) >= 11 is 0. The number of aryl methyl sites for hydroxylation is 1. The van der Waals surface area contributed by atoms with Gasteiger partial charge in [-0.25, -0.2) is 13.9 Å². The Morgan fingerprint density at radius 2 is 2.00 bits per heavy atom. The number of hydrogen-bond acceptors (Lipinski definition) is 2. The number of rotatable bonds is 1. The number of hydrogen-bond donors (Lipinski definition) is 1. The van der Waals surface area contributed by atoms with E-state index in [0.29, 0.717) is 11.3 Å². The van der Waals surface area contributed by atoms with Gasteiger partial charge in [-0.05, 0) is 24.6 Å². The Hall–Kier alpha value is -2.43. The Labute approximate surface area is 102 Å². The van der Waals surface area contributed by atoms with Crippen molar-refractivity contribution in [3.63, 3.8) is 0 Å². The van der Waals surface area contributed by atoms with Gasteiger partial charge in [0.2, 0.25) is 0 Å². The Morgan fingerprint density at radius 3 is 2.72 bits per heavy atom. The van der Waals surface area contributed by atoms with Gasteiger partial charge in [0.15, 0.2) is 5.65 Å². The van der Waals surface area contributed by atoms with E-state index >= 15 is 0 Å². The van der Waals surface area contributed by atoms with E-state index in [0.717, 1.165) is 11.1 Å². The summed E-state index contributed by atoms with van der Waals surface area (Å²) in [7, 11) is 0. The molecule has 0 spiro atoms. The van der Waals surface area contributed by atoms with Gasteiger partial charge in [0.05, 0.1) is 0 Å². The zero-order valence-corrected chi connectivity index (χ0v) is 9.64. The molecule has 90 valence electrons. The molecule has 0 aliphatic carbocycles. The molecule has 18 heavy (non-hydrogen) atoms. The Morgan fingerprint density at radius 1 is 1.28 bits per heavy atom. The Bertz CT molecular complexity index is 771. The van der Waals surface area contributed by atoms with Crippen LogP contribution in [0.5, 0.6) is 0 Å². The zero-order chi connectivity index (χ0) is 12.7. The predicted octanol–water partition coefficient (Wildman–Crippen LogP) is 2.14. The van der Waals surface area contributed by atoms with Crippen LogP contribution < -0.4 is 5.56 Å². The predicted molar refractivity (Wildman–Crippen MR) is 65.9 cm³/mol. The molecule has 0 amide bonds. The van der Waals surface area contributed by atoms with Crippen molar-refractivity contribution in [3.8, 4) is 11.1 Å². The van der Waals surface area contributed by atoms with Crippen LogP contribution in [0.1, 0.15) is 5.69 Å². The summed E-state index contributed by atoms with van der Waals surface area (Å²) in [6.07, 6.45) is 1.69. The van der Waals surface area contributed by atoms with Gasteiger partial charge in [0.25, 0.3) is 5.56 Å². The number of fused-ring (bicyclic) bond motifs is 1. The number of nitrogens with one attached hydrogen (secondary N) is 1. The Kier molecular flexibility index (Phi) is 2.26. The van der Waals surface area contributed by atoms with Crippen molar-refractivity contribution >= 4 is 5.65 Å². The molecule has 3 rings (SSSR count). The van der Waals surface area contributed by atoms with Crippen molar-refractivity contribution in [3.05, 3.63) is 58.4 Å². The van der Waals surface area contributed by atoms with Crippen LogP contribution >= 0.6 is 0 Å². The quantitative estimate of drug-likeness (QED) is 0.711. The summed E-state index contributed by atoms with van der Waals surface area (Å²) in [5, 5.41) is 2.84. The molecule has 3 aromatic rings. The van der Waals surface area contributed by atoms with Crippen molar-refractivity contribution in [1.82, 2.24) is 14.6 Å². The first-order valence-corrected chi connectivity index (χ1v) is 5.49. The van der Waals surface area contributed by atoms with Crippen molar-refractivity contribution in [2.24, 2.45) is 0 Å². The highest BCUT2D eigenvalue weighted by Crippen LogP contribution is 2.22. The maximum atomic E-state index is 12.9. The van der Waals surface area contributed by atoms with Crippen LogP contribution in [-0.4, -0.2) is 14.6 Å². The fourth-order valence-corrected chi connectivity index (χ4v) is 1.94. The van der Waals surface area contributed by atoms with Gasteiger partial charge in [-0.3, -0.25) is 9.89 Å². The van der Waals surface area contributed by atoms with E-state index in [1.54, 1.807) is 25.3 Å². The van der Waals surface area contributed by atoms with Crippen molar-refractivity contribution in [1.29, 1.82) is 0 Å². The molecule has 0 radical (unpaired) electrons. The van der Waals surface area contributed by atoms with Crippen LogP contribution in [0.15, 0.2) is 41.3 Å². The van der Waals surface area contributed by atoms with Gasteiger partial charge in [-0.15, -0.1) is 0 Å². The highest BCUT2D eigenvalue weighted by molar-refractivity contribution is 5.76. The number of benzene rings is 1. The molecule has 0 saturated heterocycles. The second-order valence-electron chi connectivity index (χ2n) is 4.09. The van der Waals surface area contributed by atoms with E-state index in [-0.39, 0.29) is 11.4 Å². The second-order valence-corrected chi connectivity index (χ2v) is 4.09. The Balaban J connectivity index is 2.30. The molecule has 0 bridgehead atoms. The standard InChI is InChI=1S/C13H10FN3O/c1-8-6-12(18)17-13(16-8)11(7-15-17)9-2-4-10(14)5-3-9/h2-7,15H,1H3. The maximum absolute atomic E-state index is 12.9. The van der Waals surface area contributed by atoms with E-state index in [9.17, 15) is 9.18 Å². The third kappa shape index (κ3) is 1.60. The average Bonchev–Trinajstić information content (AvgIpc) is 2.74. The summed E-state index contributed by atoms with van der Waals surface area (Å²) in [5.74, 6) is -0.292. The van der Waals surface area contributed by atoms with Crippen LogP contribution in [0.25, 0.3) is 16.8 Å². The van der Waals surface area contributed by atoms with Crippen LogP contribution in [0, 0.1) is 12.7 Å². The molecule has 2 heterocycles. The van der Waals surface area contributed by atoms with Crippen LogP contribution in [0.4, 0.5) is 4.39 Å². The molecule has 5 heteroatoms. The molecule has 0 fully saturated rings. The van der Waals surface area contributed by atoms with Gasteiger partial charge in [0.1, 0.15) is 5.82 Å². The largest absolute Gasteiger partial charge is 0.296 e. The molecule has 1 N–H and O–H groups in total. The molecular formula is C13H10FN3O. The van der Waals surface area contributed by atoms with Gasteiger partial charge >= 0.3 is 0 Å². The van der Waals surface area contributed by atoms with Crippen LogP contribution in [0.3, 0.4) is 0 Å². The lowest BCUT2D eigenvalue weighted by Gasteiger charge is -1.99. The molecule has 0 aliphatic heterocycles. The van der Waals surface area contributed by atoms with Crippen molar-refractivity contribution in [2.45, 2.75) is 6.92 Å². The second kappa shape index (κ2) is 3.80. The lowest BCUT2D eigenvalue weighted by Crippen LogP contribution is -2.14. The molecular weight excluding hydrogens is 233 g/mol. The summed E-state index contributed by atoms with van der Waals surface area (Å²) in [6.45, 7) is 1.77. The first-order valence-electron chi connectivity index (χ1n) is 5.49. The number of aromatic amines is 1. The molecule has 1 aromatic carbocycles. The minimum Gasteiger partial charge on any atom is -0.296 e. The van der Waals surface area contributed by atoms with E-state index in [2.05, 4.69) is 10.1 Å². The normalized spacial score (nSPS) is 11.0. The highest BCUT2D eigenvalue weighted by atomic mass is 19.1. The number of aromatic nitrogens is 3. The maximum Gasteiger partial charge on any atom is 0.272 e. The van der Waals surface area contributed by atoms with Gasteiger partial charge < -0.3 is 0 Å². The smallest absolute Gasteiger partial charge is 0.272 e. The highest BCUT2D eigenvalue weighted by Gasteiger charge is 2.09. The molecule has 0 aliphatic rings. The number of halogens is 1. The fraction of sp³-hybridized carbons (Fsp3) is 0.0769. The SMILES string of the molecule is Cc1cc(=O)n2[nH]cc(-c3ccc(F)cc3)c2n1. The zero-order valence-electron chi connectivity index (χ0n) is 9.64. The van der Waals surface area contributed by atoms with Gasteiger partial charge in [-0.2, -0.15) is 0 Å². The third-order valence-corrected chi connectivity index (χ3v) is 2.78. The third-order valence-electron chi connectivity index (χ3n) is 2.78. The average molecular weight is 243 g/mol. The van der Waals surface area contributed by atoms with E-state index < -0.39 is 0 Å². The van der Waals surface area contributed by atoms with E-state index in [4.69, 9.17) is 0 Å². The summed E-state index contributed by atoms with van der Waals surface area (Å²) < 4.78 is 14.3. The minimum absolute atomic E-state index is 0.161. The van der Waals surface area contributed by atoms with E-state index in [1.165, 1.54) is 22.7 Å². The molecule has 0 unspecified atom stereocenters. The summed E-state index contributed by atoms with van der Waals surface area (Å²) in [5.41, 5.74) is 2.63. The van der Waals surface area contributed by atoms with Crippen molar-refractivity contribution in [2.75, 3.05) is 0 Å². The summed E-state index contributed by atoms with van der Waals surface area (Å²) in [6, 6.07) is 7.54. The molecule has 0 saturated carbocycles. The lowest BCUT2D eigenvalue weighted by molar-refractivity contribution is 0.628. The topological polar surface area (TPSA) is 50.2 Å². The van der Waals surface area contributed by atoms with Gasteiger partial charge in [-0.1, -0.05) is 12.1 Å². The molecule has 4 nitrogen and oxygen atoms in total. The van der Waals surface area contributed by atoms with Gasteiger partial charge in [0, 0.05) is 23.5 Å². The number of H-pyrrole nitrogens is 1. The molecule has 0 atom stereocenters. The number of nitrogens with zero attached hydrogens (tertiary/aromatic N) is 2. The van der Waals surface area contributed by atoms with Crippen LogP contribution in [0.2, 0.25) is 0 Å². The first-order chi connectivity index (χ1) is 8.65. The minimum atomic E-state index is -0.292. The fourth-order valence-electron chi connectivity index (χ4n) is 1.94.